The lowest BCUT2D eigenvalue weighted by Gasteiger charge is -2.47. The largest absolute Gasteiger partial charge is 0.313 e. The van der Waals surface area contributed by atoms with Gasteiger partial charge < -0.3 is 4.90 Å². The second kappa shape index (κ2) is 10.3. The van der Waals surface area contributed by atoms with Gasteiger partial charge in [0.1, 0.15) is 0 Å². The highest BCUT2D eigenvalue weighted by molar-refractivity contribution is 7.02. The Bertz CT molecular complexity index is 2100. The van der Waals surface area contributed by atoms with Gasteiger partial charge in [0, 0.05) is 17.1 Å². The Hall–Kier alpha value is -3.97. The maximum absolute atomic E-state index is 2.74. The van der Waals surface area contributed by atoms with Crippen LogP contribution in [0.2, 0.25) is 0 Å². The van der Waals surface area contributed by atoms with E-state index in [-0.39, 0.29) is 40.5 Å². The van der Waals surface area contributed by atoms with Crippen LogP contribution in [0.3, 0.4) is 0 Å². The molecule has 51 heavy (non-hydrogen) atoms. The molecule has 2 heterocycles. The molecular weight excluding hydrogens is 612 g/mol. The summed E-state index contributed by atoms with van der Waals surface area (Å²) in [6.07, 6.45) is 2.30. The molecule has 0 saturated carbocycles. The smallest absolute Gasteiger partial charge is 0.247 e. The molecule has 0 atom stereocenters. The third-order valence-corrected chi connectivity index (χ3v) is 13.2. The summed E-state index contributed by atoms with van der Waals surface area (Å²) in [6, 6.07) is 38.1. The number of anilines is 3. The van der Waals surface area contributed by atoms with Crippen molar-refractivity contribution < 1.29 is 0 Å². The zero-order valence-corrected chi connectivity index (χ0v) is 32.8. The predicted octanol–water partition coefficient (Wildman–Crippen LogP) is 8.03. The van der Waals surface area contributed by atoms with Gasteiger partial charge in [-0.3, -0.25) is 0 Å². The molecule has 0 N–H and O–H groups in total. The molecule has 2 aliphatic carbocycles. The van der Waals surface area contributed by atoms with Crippen molar-refractivity contribution in [2.24, 2.45) is 0 Å². The SMILES string of the molecule is CC(C)(C)c1cc2c3c(c1)B(c1ccccc1)c1c(ccc4c1C(C)(C)CC4(C)C)N3c1ccc3c(c1B2c1ccccc1)C(C)(C)CC3(C)C. The Balaban J connectivity index is 1.49. The van der Waals surface area contributed by atoms with Gasteiger partial charge in [-0.1, -0.05) is 172 Å². The fourth-order valence-electron chi connectivity index (χ4n) is 11.8. The Morgan fingerprint density at radius 1 is 0.510 bits per heavy atom. The number of fused-ring (bicyclic) bond motifs is 8. The first-order chi connectivity index (χ1) is 23.9. The molecule has 0 bridgehead atoms. The molecule has 0 amide bonds. The van der Waals surface area contributed by atoms with Gasteiger partial charge in [-0.25, -0.2) is 0 Å². The van der Waals surface area contributed by atoms with Gasteiger partial charge in [-0.05, 0) is 102 Å². The molecule has 3 heteroatoms. The fraction of sp³-hybridized carbons (Fsp3) is 0.375. The van der Waals surface area contributed by atoms with Crippen LogP contribution < -0.4 is 37.7 Å². The summed E-state index contributed by atoms with van der Waals surface area (Å²) >= 11 is 0. The molecule has 0 radical (unpaired) electrons. The van der Waals surface area contributed by atoms with Crippen LogP contribution in [0.1, 0.15) is 117 Å². The molecule has 0 aromatic heterocycles. The molecule has 1 nitrogen and oxygen atoms in total. The highest BCUT2D eigenvalue weighted by Crippen LogP contribution is 2.54. The molecule has 5 aromatic rings. The third kappa shape index (κ3) is 4.55. The van der Waals surface area contributed by atoms with Crippen molar-refractivity contribution in [3.63, 3.8) is 0 Å². The number of nitrogens with zero attached hydrogens (tertiary/aromatic N) is 1. The minimum atomic E-state index is -0.0147. The third-order valence-electron chi connectivity index (χ3n) is 13.2. The predicted molar refractivity (Wildman–Crippen MR) is 223 cm³/mol. The molecule has 5 aromatic carbocycles. The van der Waals surface area contributed by atoms with Crippen LogP contribution in [0.25, 0.3) is 0 Å². The minimum Gasteiger partial charge on any atom is -0.313 e. The monoisotopic (exact) mass is 665 g/mol. The van der Waals surface area contributed by atoms with E-state index in [4.69, 9.17) is 0 Å². The second-order valence-electron chi connectivity index (χ2n) is 20.0. The number of rotatable bonds is 2. The number of benzene rings is 5. The Labute approximate surface area is 308 Å². The van der Waals surface area contributed by atoms with Crippen molar-refractivity contribution in [3.05, 3.63) is 125 Å². The lowest BCUT2D eigenvalue weighted by atomic mass is 9.29. The van der Waals surface area contributed by atoms with Crippen LogP contribution in [0.5, 0.6) is 0 Å². The van der Waals surface area contributed by atoms with Gasteiger partial charge in [-0.2, -0.15) is 0 Å². The average Bonchev–Trinajstić information content (AvgIpc) is 3.38. The van der Waals surface area contributed by atoms with Gasteiger partial charge >= 0.3 is 0 Å². The van der Waals surface area contributed by atoms with Crippen LogP contribution in [0.15, 0.2) is 97.1 Å². The van der Waals surface area contributed by atoms with E-state index in [2.05, 4.69) is 178 Å². The lowest BCUT2D eigenvalue weighted by Crippen LogP contribution is -2.66. The summed E-state index contributed by atoms with van der Waals surface area (Å²) in [5.74, 6) is 0. The summed E-state index contributed by atoms with van der Waals surface area (Å²) in [4.78, 5) is 2.74. The van der Waals surface area contributed by atoms with Gasteiger partial charge in [0.15, 0.2) is 0 Å². The van der Waals surface area contributed by atoms with Crippen molar-refractivity contribution in [2.45, 2.75) is 116 Å². The Morgan fingerprint density at radius 2 is 0.902 bits per heavy atom. The van der Waals surface area contributed by atoms with E-state index < -0.39 is 0 Å². The van der Waals surface area contributed by atoms with Gasteiger partial charge in [0.25, 0.3) is 0 Å². The summed E-state index contributed by atoms with van der Waals surface area (Å²) in [7, 11) is 0. The van der Waals surface area contributed by atoms with E-state index in [0.29, 0.717) is 0 Å². The van der Waals surface area contributed by atoms with Crippen molar-refractivity contribution in [2.75, 3.05) is 4.90 Å². The van der Waals surface area contributed by atoms with Crippen LogP contribution in [-0.4, -0.2) is 13.4 Å². The molecule has 0 fully saturated rings. The molecule has 4 aliphatic rings. The van der Waals surface area contributed by atoms with Crippen molar-refractivity contribution in [1.82, 2.24) is 0 Å². The van der Waals surface area contributed by atoms with E-state index in [0.717, 1.165) is 12.8 Å². The quantitative estimate of drug-likeness (QED) is 0.169. The second-order valence-corrected chi connectivity index (χ2v) is 20.0. The van der Waals surface area contributed by atoms with Crippen molar-refractivity contribution in [1.29, 1.82) is 0 Å². The first kappa shape index (κ1) is 32.9. The van der Waals surface area contributed by atoms with Crippen LogP contribution in [0, 0.1) is 0 Å². The number of hydrogen-bond acceptors (Lipinski definition) is 1. The first-order valence-corrected chi connectivity index (χ1v) is 19.4. The molecule has 9 rings (SSSR count). The van der Waals surface area contributed by atoms with Gasteiger partial charge in [0.2, 0.25) is 13.4 Å². The fourth-order valence-corrected chi connectivity index (χ4v) is 11.8. The highest BCUT2D eigenvalue weighted by atomic mass is 15.2. The average molecular weight is 666 g/mol. The topological polar surface area (TPSA) is 3.24 Å². The summed E-state index contributed by atoms with van der Waals surface area (Å²) in [5, 5.41) is 0. The van der Waals surface area contributed by atoms with Crippen molar-refractivity contribution in [3.8, 4) is 0 Å². The Kier molecular flexibility index (Phi) is 6.67. The van der Waals surface area contributed by atoms with Crippen LogP contribution in [-0.2, 0) is 27.1 Å². The molecular formula is C48H53B2N. The molecule has 0 spiro atoms. The standard InChI is InChI=1S/C48H53B2N/c1-44(2,3)30-26-35-43-36(27-30)50(32-20-16-13-17-21-32)42-38(25-23-34-40(42)48(10,11)29-46(34,6)7)51(43)37-24-22-33-39(47(8,9)28-45(33,4)5)41(37)49(35)31-18-14-12-15-19-31/h12-27H,28-29H2,1-11H3. The summed E-state index contributed by atoms with van der Waals surface area (Å²) in [6.45, 7) is 27.3. The summed E-state index contributed by atoms with van der Waals surface area (Å²) in [5.41, 5.74) is 20.8. The normalized spacial score (nSPS) is 19.6. The van der Waals surface area contributed by atoms with E-state index in [1.54, 1.807) is 11.1 Å². The van der Waals surface area contributed by atoms with E-state index in [9.17, 15) is 0 Å². The van der Waals surface area contributed by atoms with E-state index in [1.807, 2.05) is 0 Å². The van der Waals surface area contributed by atoms with E-state index in [1.165, 1.54) is 66.5 Å². The van der Waals surface area contributed by atoms with Gasteiger partial charge in [-0.15, -0.1) is 0 Å². The van der Waals surface area contributed by atoms with E-state index >= 15 is 0 Å². The Morgan fingerprint density at radius 3 is 1.27 bits per heavy atom. The molecule has 256 valence electrons. The van der Waals surface area contributed by atoms with Crippen LogP contribution in [0.4, 0.5) is 17.1 Å². The first-order valence-electron chi connectivity index (χ1n) is 19.4. The lowest BCUT2D eigenvalue weighted by molar-refractivity contribution is 0.403. The zero-order valence-electron chi connectivity index (χ0n) is 32.8. The minimum absolute atomic E-state index is 0.0147. The van der Waals surface area contributed by atoms with Crippen molar-refractivity contribution >= 4 is 63.3 Å². The zero-order chi connectivity index (χ0) is 36.0. The molecule has 2 aliphatic heterocycles. The summed E-state index contributed by atoms with van der Waals surface area (Å²) < 4.78 is 0. The molecule has 0 unspecified atom stereocenters. The maximum Gasteiger partial charge on any atom is 0.247 e. The highest BCUT2D eigenvalue weighted by Gasteiger charge is 2.53. The maximum atomic E-state index is 2.74. The number of hydrogen-bond donors (Lipinski definition) is 0. The van der Waals surface area contributed by atoms with Gasteiger partial charge in [0.05, 0.1) is 0 Å². The van der Waals surface area contributed by atoms with Crippen LogP contribution >= 0.6 is 0 Å². The molecule has 0 saturated heterocycles.